The first-order valence-corrected chi connectivity index (χ1v) is 6.76. The fourth-order valence-electron chi connectivity index (χ4n) is 1.71. The molecule has 0 radical (unpaired) electrons. The van der Waals surface area contributed by atoms with Gasteiger partial charge in [-0.1, -0.05) is 6.07 Å². The highest BCUT2D eigenvalue weighted by atomic mass is 32.1. The van der Waals surface area contributed by atoms with E-state index in [9.17, 15) is 4.79 Å². The van der Waals surface area contributed by atoms with Crippen LogP contribution in [-0.2, 0) is 0 Å². The normalized spacial score (nSPS) is 14.4. The average Bonchev–Trinajstić information content (AvgIpc) is 3.13. The van der Waals surface area contributed by atoms with Gasteiger partial charge in [-0.3, -0.25) is 0 Å². The Morgan fingerprint density at radius 3 is 2.95 bits per heavy atom. The minimum atomic E-state index is -0.971. The second kappa shape index (κ2) is 4.62. The SMILES string of the molecule is Cc1ccc(C(=O)O)cc1Oc1nc(C2CC2)ns1. The maximum atomic E-state index is 10.9. The lowest BCUT2D eigenvalue weighted by Gasteiger charge is -2.06. The van der Waals surface area contributed by atoms with Crippen molar-refractivity contribution < 1.29 is 14.6 Å². The summed E-state index contributed by atoms with van der Waals surface area (Å²) in [4.78, 5) is 15.3. The molecule has 1 heterocycles. The topological polar surface area (TPSA) is 72.3 Å². The highest BCUT2D eigenvalue weighted by molar-refractivity contribution is 7.07. The largest absolute Gasteiger partial charge is 0.478 e. The first-order chi connectivity index (χ1) is 9.13. The van der Waals surface area contributed by atoms with E-state index in [2.05, 4.69) is 9.36 Å². The maximum absolute atomic E-state index is 10.9. The molecule has 98 valence electrons. The molecule has 1 N–H and O–H groups in total. The second-order valence-corrected chi connectivity index (χ2v) is 5.29. The minimum Gasteiger partial charge on any atom is -0.478 e. The monoisotopic (exact) mass is 276 g/mol. The van der Waals surface area contributed by atoms with E-state index >= 15 is 0 Å². The zero-order valence-corrected chi connectivity index (χ0v) is 11.1. The Bertz CT molecular complexity index is 635. The van der Waals surface area contributed by atoms with Gasteiger partial charge in [-0.05, 0) is 37.5 Å². The molecule has 1 saturated carbocycles. The van der Waals surface area contributed by atoms with Crippen LogP contribution in [0.3, 0.4) is 0 Å². The van der Waals surface area contributed by atoms with Crippen molar-refractivity contribution in [2.75, 3.05) is 0 Å². The molecule has 2 aromatic rings. The summed E-state index contributed by atoms with van der Waals surface area (Å²) in [7, 11) is 0. The number of aromatic nitrogens is 2. The summed E-state index contributed by atoms with van der Waals surface area (Å²) in [6.45, 7) is 1.86. The molecule has 1 aromatic heterocycles. The summed E-state index contributed by atoms with van der Waals surface area (Å²) in [5, 5.41) is 9.44. The van der Waals surface area contributed by atoms with Gasteiger partial charge in [0, 0.05) is 17.5 Å². The molecular formula is C13H12N2O3S. The number of nitrogens with zero attached hydrogens (tertiary/aromatic N) is 2. The second-order valence-electron chi connectivity index (χ2n) is 4.58. The molecule has 0 spiro atoms. The van der Waals surface area contributed by atoms with Crippen LogP contribution in [0.5, 0.6) is 10.9 Å². The number of rotatable bonds is 4. The van der Waals surface area contributed by atoms with E-state index in [4.69, 9.17) is 9.84 Å². The van der Waals surface area contributed by atoms with Crippen molar-refractivity contribution in [1.82, 2.24) is 9.36 Å². The third-order valence-corrected chi connectivity index (χ3v) is 3.61. The smallest absolute Gasteiger partial charge is 0.335 e. The van der Waals surface area contributed by atoms with Crippen LogP contribution in [0.4, 0.5) is 0 Å². The van der Waals surface area contributed by atoms with Gasteiger partial charge in [0.05, 0.1) is 5.56 Å². The number of carboxylic acid groups (broad SMARTS) is 1. The van der Waals surface area contributed by atoms with Crippen LogP contribution in [0.1, 0.15) is 40.5 Å². The number of carbonyl (C=O) groups is 1. The Morgan fingerprint density at radius 1 is 1.47 bits per heavy atom. The van der Waals surface area contributed by atoms with E-state index in [-0.39, 0.29) is 5.56 Å². The predicted octanol–water partition coefficient (Wildman–Crippen LogP) is 3.21. The van der Waals surface area contributed by atoms with Gasteiger partial charge in [0.2, 0.25) is 0 Å². The third kappa shape index (κ3) is 2.58. The van der Waals surface area contributed by atoms with E-state index in [0.29, 0.717) is 16.9 Å². The highest BCUT2D eigenvalue weighted by Crippen LogP contribution is 2.40. The fraction of sp³-hybridized carbons (Fsp3) is 0.308. The van der Waals surface area contributed by atoms with Crippen LogP contribution in [-0.4, -0.2) is 20.4 Å². The van der Waals surface area contributed by atoms with Gasteiger partial charge in [0.25, 0.3) is 5.19 Å². The molecule has 0 unspecified atom stereocenters. The Balaban J connectivity index is 1.84. The van der Waals surface area contributed by atoms with Crippen LogP contribution in [0.25, 0.3) is 0 Å². The molecule has 0 aliphatic heterocycles. The molecule has 1 aromatic carbocycles. The molecule has 0 atom stereocenters. The molecule has 1 aliphatic rings. The lowest BCUT2D eigenvalue weighted by atomic mass is 10.1. The Morgan fingerprint density at radius 2 is 2.26 bits per heavy atom. The number of hydrogen-bond acceptors (Lipinski definition) is 5. The summed E-state index contributed by atoms with van der Waals surface area (Å²) < 4.78 is 9.89. The van der Waals surface area contributed by atoms with Gasteiger partial charge in [-0.25, -0.2) is 4.79 Å². The number of aryl methyl sites for hydroxylation is 1. The Labute approximate surface area is 114 Å². The quantitative estimate of drug-likeness (QED) is 0.928. The van der Waals surface area contributed by atoms with E-state index < -0.39 is 5.97 Å². The van der Waals surface area contributed by atoms with Gasteiger partial charge in [0.15, 0.2) is 0 Å². The van der Waals surface area contributed by atoms with Crippen molar-refractivity contribution in [3.63, 3.8) is 0 Å². The number of hydrogen-bond donors (Lipinski definition) is 1. The van der Waals surface area contributed by atoms with Gasteiger partial charge in [-0.15, -0.1) is 0 Å². The Kier molecular flexibility index (Phi) is 2.94. The lowest BCUT2D eigenvalue weighted by Crippen LogP contribution is -1.97. The van der Waals surface area contributed by atoms with Crippen molar-refractivity contribution in [3.8, 4) is 10.9 Å². The predicted molar refractivity (Wildman–Crippen MR) is 70.1 cm³/mol. The zero-order chi connectivity index (χ0) is 13.4. The van der Waals surface area contributed by atoms with Crippen LogP contribution < -0.4 is 4.74 Å². The average molecular weight is 276 g/mol. The molecular weight excluding hydrogens is 264 g/mol. The van der Waals surface area contributed by atoms with Crippen molar-refractivity contribution in [1.29, 1.82) is 0 Å². The summed E-state index contributed by atoms with van der Waals surface area (Å²) in [5.41, 5.74) is 1.07. The van der Waals surface area contributed by atoms with Gasteiger partial charge >= 0.3 is 5.97 Å². The van der Waals surface area contributed by atoms with Crippen molar-refractivity contribution >= 4 is 17.5 Å². The first kappa shape index (κ1) is 12.1. The van der Waals surface area contributed by atoms with Crippen LogP contribution in [0.2, 0.25) is 0 Å². The van der Waals surface area contributed by atoms with E-state index in [1.54, 1.807) is 12.1 Å². The van der Waals surface area contributed by atoms with Crippen molar-refractivity contribution in [3.05, 3.63) is 35.2 Å². The lowest BCUT2D eigenvalue weighted by molar-refractivity contribution is 0.0696. The molecule has 5 nitrogen and oxygen atoms in total. The fourth-order valence-corrected chi connectivity index (χ4v) is 2.33. The number of carboxylic acids is 1. The molecule has 0 saturated heterocycles. The van der Waals surface area contributed by atoms with Crippen LogP contribution in [0.15, 0.2) is 18.2 Å². The first-order valence-electron chi connectivity index (χ1n) is 5.99. The minimum absolute atomic E-state index is 0.201. The third-order valence-electron chi connectivity index (χ3n) is 3.00. The highest BCUT2D eigenvalue weighted by Gasteiger charge is 2.28. The summed E-state index contributed by atoms with van der Waals surface area (Å²) in [6.07, 6.45) is 2.29. The number of ether oxygens (including phenoxy) is 1. The summed E-state index contributed by atoms with van der Waals surface area (Å²) >= 11 is 1.20. The molecule has 1 fully saturated rings. The number of benzene rings is 1. The van der Waals surface area contributed by atoms with Gasteiger partial charge in [0.1, 0.15) is 11.6 Å². The van der Waals surface area contributed by atoms with Crippen molar-refractivity contribution in [2.24, 2.45) is 0 Å². The molecule has 19 heavy (non-hydrogen) atoms. The standard InChI is InChI=1S/C13H12N2O3S/c1-7-2-3-9(12(16)17)6-10(7)18-13-14-11(15-19-13)8-4-5-8/h2-3,6,8H,4-5H2,1H3,(H,16,17). The van der Waals surface area contributed by atoms with E-state index in [0.717, 1.165) is 24.2 Å². The molecule has 6 heteroatoms. The summed E-state index contributed by atoms with van der Waals surface area (Å²) in [5.74, 6) is 0.867. The van der Waals surface area contributed by atoms with Gasteiger partial charge < -0.3 is 9.84 Å². The maximum Gasteiger partial charge on any atom is 0.335 e. The van der Waals surface area contributed by atoms with Crippen molar-refractivity contribution in [2.45, 2.75) is 25.7 Å². The van der Waals surface area contributed by atoms with Crippen LogP contribution >= 0.6 is 11.5 Å². The summed E-state index contributed by atoms with van der Waals surface area (Å²) in [6, 6.07) is 4.79. The molecule has 1 aliphatic carbocycles. The van der Waals surface area contributed by atoms with E-state index in [1.807, 2.05) is 6.92 Å². The molecule has 3 rings (SSSR count). The molecule has 0 bridgehead atoms. The van der Waals surface area contributed by atoms with E-state index in [1.165, 1.54) is 17.6 Å². The number of aromatic carboxylic acids is 1. The zero-order valence-electron chi connectivity index (χ0n) is 10.3. The van der Waals surface area contributed by atoms with Crippen LogP contribution in [0, 0.1) is 6.92 Å². The Hall–Kier alpha value is -1.95. The van der Waals surface area contributed by atoms with Gasteiger partial charge in [-0.2, -0.15) is 9.36 Å². The molecule has 0 amide bonds.